The number of carbonyl (C=O) groups excluding carboxylic acids is 1. The van der Waals surface area contributed by atoms with Crippen LogP contribution in [-0.4, -0.2) is 57.9 Å². The van der Waals surface area contributed by atoms with Gasteiger partial charge in [-0.3, -0.25) is 4.57 Å². The van der Waals surface area contributed by atoms with Crippen molar-refractivity contribution in [3.63, 3.8) is 0 Å². The number of piperidine rings is 1. The first-order valence-electron chi connectivity index (χ1n) is 15.1. The molecule has 10 nitrogen and oxygen atoms in total. The van der Waals surface area contributed by atoms with Gasteiger partial charge in [-0.1, -0.05) is 48.5 Å². The highest BCUT2D eigenvalue weighted by molar-refractivity contribution is 5.89. The van der Waals surface area contributed by atoms with E-state index in [0.29, 0.717) is 18.7 Å². The largest absolute Gasteiger partial charge is 0.392 e. The summed E-state index contributed by atoms with van der Waals surface area (Å²) in [6.45, 7) is 4.88. The van der Waals surface area contributed by atoms with Crippen molar-refractivity contribution in [3.8, 4) is 0 Å². The molecule has 6 rings (SSSR count). The molecule has 1 aromatic heterocycles. The molecule has 2 aliphatic heterocycles. The van der Waals surface area contributed by atoms with Crippen LogP contribution >= 0.6 is 0 Å². The van der Waals surface area contributed by atoms with Crippen molar-refractivity contribution >= 4 is 22.8 Å². The number of aliphatic hydroxyl groups excluding tert-OH is 1. The normalized spacial score (nSPS) is 21.6. The summed E-state index contributed by atoms with van der Waals surface area (Å²) < 4.78 is 15.0. The number of aromatic amines is 1. The van der Waals surface area contributed by atoms with Crippen molar-refractivity contribution in [1.82, 2.24) is 19.8 Å². The zero-order valence-corrected chi connectivity index (χ0v) is 24.4. The average molecular weight is 586 g/mol. The highest BCUT2D eigenvalue weighted by atomic mass is 16.7. The average Bonchev–Trinajstić information content (AvgIpc) is 3.37. The smallest absolute Gasteiger partial charge is 0.326 e. The summed E-state index contributed by atoms with van der Waals surface area (Å²) in [5.74, 6) is 0. The van der Waals surface area contributed by atoms with Crippen LogP contribution < -0.4 is 16.3 Å². The van der Waals surface area contributed by atoms with Crippen molar-refractivity contribution in [2.75, 3.05) is 31.5 Å². The fourth-order valence-corrected chi connectivity index (χ4v) is 6.22. The summed E-state index contributed by atoms with van der Waals surface area (Å²) in [5, 5.41) is 15.1. The van der Waals surface area contributed by atoms with Crippen LogP contribution in [0.3, 0.4) is 0 Å². The lowest BCUT2D eigenvalue weighted by Gasteiger charge is -2.40. The molecule has 4 N–H and O–H groups in total. The van der Waals surface area contributed by atoms with Crippen LogP contribution in [0.2, 0.25) is 0 Å². The van der Waals surface area contributed by atoms with Crippen LogP contribution in [0.25, 0.3) is 11.0 Å². The minimum Gasteiger partial charge on any atom is -0.392 e. The number of carbonyl (C=O) groups is 1. The van der Waals surface area contributed by atoms with Gasteiger partial charge in [-0.05, 0) is 55.2 Å². The van der Waals surface area contributed by atoms with E-state index in [1.165, 1.54) is 0 Å². The maximum Gasteiger partial charge on any atom is 0.326 e. The Hall–Kier alpha value is -3.96. The zero-order chi connectivity index (χ0) is 29.8. The molecule has 0 bridgehead atoms. The molecule has 10 heteroatoms. The number of nitrogens with one attached hydrogen (secondary N) is 3. The summed E-state index contributed by atoms with van der Waals surface area (Å²) in [4.78, 5) is 30.3. The van der Waals surface area contributed by atoms with Gasteiger partial charge in [-0.25, -0.2) is 9.59 Å². The van der Waals surface area contributed by atoms with E-state index in [0.717, 1.165) is 60.2 Å². The third-order valence-corrected chi connectivity index (χ3v) is 8.38. The van der Waals surface area contributed by atoms with E-state index < -0.39 is 6.29 Å². The minimum atomic E-state index is -0.611. The lowest BCUT2D eigenvalue weighted by molar-refractivity contribution is -0.253. The molecule has 0 saturated carbocycles. The zero-order valence-electron chi connectivity index (χ0n) is 24.4. The summed E-state index contributed by atoms with van der Waals surface area (Å²) in [7, 11) is 0. The standard InChI is InChI=1S/C33H39N5O5/c1-2-34-32(40)35-25-7-5-6-24(18-25)31-42-27(19-30(43-31)23-12-10-22(21-39)11-13-23)20-37-16-14-26(15-17-37)38-29-9-4-3-8-28(29)36-33(38)41/h3-13,18,26-27,30-31,39H,2,14-17,19-21H2,1H3,(H,36,41)(H2,34,35,40)/t27-,30+,31?/m0/s1. The van der Waals surface area contributed by atoms with Gasteiger partial charge in [0.15, 0.2) is 6.29 Å². The van der Waals surface area contributed by atoms with Crippen LogP contribution in [0.15, 0.2) is 77.6 Å². The number of anilines is 1. The molecule has 2 amide bonds. The third kappa shape index (κ3) is 6.67. The molecule has 4 aromatic rings. The van der Waals surface area contributed by atoms with Crippen LogP contribution in [0.1, 0.15) is 61.3 Å². The number of fused-ring (bicyclic) bond motifs is 1. The minimum absolute atomic E-state index is 0.00775. The van der Waals surface area contributed by atoms with E-state index in [-0.39, 0.29) is 36.6 Å². The number of nitrogens with zero attached hydrogens (tertiary/aromatic N) is 2. The number of para-hydroxylation sites is 2. The first-order chi connectivity index (χ1) is 21.0. The Labute approximate surface area is 250 Å². The Morgan fingerprint density at radius 1 is 1.00 bits per heavy atom. The van der Waals surface area contributed by atoms with Gasteiger partial charge in [-0.15, -0.1) is 0 Å². The Kier molecular flexibility index (Phi) is 8.90. The van der Waals surface area contributed by atoms with E-state index in [1.807, 2.05) is 84.3 Å². The van der Waals surface area contributed by atoms with E-state index in [1.54, 1.807) is 0 Å². The van der Waals surface area contributed by atoms with Gasteiger partial charge < -0.3 is 35.1 Å². The molecular formula is C33H39N5O5. The van der Waals surface area contributed by atoms with E-state index in [9.17, 15) is 14.7 Å². The lowest BCUT2D eigenvalue weighted by Crippen LogP contribution is -2.43. The molecule has 2 saturated heterocycles. The predicted octanol–water partition coefficient (Wildman–Crippen LogP) is 4.85. The Balaban J connectivity index is 1.17. The number of ether oxygens (including phenoxy) is 2. The number of rotatable bonds is 8. The number of hydrogen-bond donors (Lipinski definition) is 4. The van der Waals surface area contributed by atoms with Crippen molar-refractivity contribution in [1.29, 1.82) is 0 Å². The highest BCUT2D eigenvalue weighted by Crippen LogP contribution is 2.39. The van der Waals surface area contributed by atoms with Crippen LogP contribution in [0.5, 0.6) is 0 Å². The number of H-pyrrole nitrogens is 1. The first kappa shape index (κ1) is 29.1. The van der Waals surface area contributed by atoms with Crippen molar-refractivity contribution in [2.24, 2.45) is 0 Å². The maximum atomic E-state index is 12.8. The number of hydrogen-bond acceptors (Lipinski definition) is 6. The van der Waals surface area contributed by atoms with Crippen LogP contribution in [-0.2, 0) is 16.1 Å². The number of benzene rings is 3. The molecular weight excluding hydrogens is 546 g/mol. The van der Waals surface area contributed by atoms with Gasteiger partial charge in [0.05, 0.1) is 29.8 Å². The quantitative estimate of drug-likeness (QED) is 0.235. The fraction of sp³-hybridized carbons (Fsp3) is 0.394. The van der Waals surface area contributed by atoms with E-state index in [4.69, 9.17) is 9.47 Å². The molecule has 1 unspecified atom stereocenters. The Bertz CT molecular complexity index is 1590. The molecule has 3 atom stereocenters. The number of aromatic nitrogens is 2. The number of imidazole rings is 1. The molecule has 43 heavy (non-hydrogen) atoms. The Morgan fingerprint density at radius 2 is 1.79 bits per heavy atom. The molecule has 0 aliphatic carbocycles. The molecule has 2 aliphatic rings. The lowest BCUT2D eigenvalue weighted by atomic mass is 9.98. The maximum absolute atomic E-state index is 12.8. The first-order valence-corrected chi connectivity index (χ1v) is 15.1. The van der Waals surface area contributed by atoms with E-state index in [2.05, 4.69) is 20.5 Å². The summed E-state index contributed by atoms with van der Waals surface area (Å²) >= 11 is 0. The second-order valence-corrected chi connectivity index (χ2v) is 11.3. The topological polar surface area (TPSA) is 121 Å². The summed E-state index contributed by atoms with van der Waals surface area (Å²) in [6, 6.07) is 23.2. The predicted molar refractivity (Wildman–Crippen MR) is 165 cm³/mol. The van der Waals surface area contributed by atoms with Gasteiger partial charge in [0.2, 0.25) is 0 Å². The monoisotopic (exact) mass is 585 g/mol. The highest BCUT2D eigenvalue weighted by Gasteiger charge is 2.34. The van der Waals surface area contributed by atoms with Crippen molar-refractivity contribution < 1.29 is 19.4 Å². The van der Waals surface area contributed by atoms with Crippen LogP contribution in [0.4, 0.5) is 10.5 Å². The number of amides is 2. The third-order valence-electron chi connectivity index (χ3n) is 8.38. The molecule has 2 fully saturated rings. The van der Waals surface area contributed by atoms with Gasteiger partial charge in [0.1, 0.15) is 0 Å². The molecule has 3 heterocycles. The summed E-state index contributed by atoms with van der Waals surface area (Å²) in [5.41, 5.74) is 5.16. The van der Waals surface area contributed by atoms with Gasteiger partial charge in [-0.2, -0.15) is 0 Å². The SMILES string of the molecule is CCNC(=O)Nc1cccc(C2O[C@H](CN3CCC(n4c(=O)[nH]c5ccccc54)CC3)C[C@H](c3ccc(CO)cc3)O2)c1. The fourth-order valence-electron chi connectivity index (χ4n) is 6.22. The molecule has 0 spiro atoms. The molecule has 0 radical (unpaired) electrons. The number of aliphatic hydroxyl groups is 1. The van der Waals surface area contributed by atoms with Gasteiger partial charge in [0, 0.05) is 49.9 Å². The second kappa shape index (κ2) is 13.1. The second-order valence-electron chi connectivity index (χ2n) is 11.3. The van der Waals surface area contributed by atoms with Gasteiger partial charge in [0.25, 0.3) is 0 Å². The molecule has 3 aromatic carbocycles. The molecule has 226 valence electrons. The Morgan fingerprint density at radius 3 is 2.56 bits per heavy atom. The number of urea groups is 1. The number of likely N-dealkylation sites (tertiary alicyclic amines) is 1. The van der Waals surface area contributed by atoms with Crippen molar-refractivity contribution in [2.45, 2.75) is 57.3 Å². The summed E-state index contributed by atoms with van der Waals surface area (Å²) in [6.07, 6.45) is 1.56. The van der Waals surface area contributed by atoms with Gasteiger partial charge >= 0.3 is 11.7 Å². The van der Waals surface area contributed by atoms with E-state index >= 15 is 0 Å². The van der Waals surface area contributed by atoms with Crippen LogP contribution in [0, 0.1) is 0 Å². The van der Waals surface area contributed by atoms with Crippen molar-refractivity contribution in [3.05, 3.63) is 100.0 Å².